The molecule has 0 aromatic carbocycles. The standard InChI is InChI=1S/C16H29NO/c1-3-4-5-6-7-8-9-10-11-15(2)16-14-17-12-13-18-16/h12-15,17H,3-11H2,1-2H3. The summed E-state index contributed by atoms with van der Waals surface area (Å²) in [4.78, 5) is 0. The van der Waals surface area contributed by atoms with Crippen LogP contribution in [-0.2, 0) is 4.74 Å². The summed E-state index contributed by atoms with van der Waals surface area (Å²) in [5, 5.41) is 3.08. The van der Waals surface area contributed by atoms with Crippen LogP contribution in [0.4, 0.5) is 0 Å². The number of rotatable bonds is 10. The average Bonchev–Trinajstić information content (AvgIpc) is 2.42. The number of ether oxygens (including phenoxy) is 1. The molecule has 1 aliphatic heterocycles. The summed E-state index contributed by atoms with van der Waals surface area (Å²) in [6.45, 7) is 4.52. The van der Waals surface area contributed by atoms with E-state index in [1.165, 1.54) is 57.8 Å². The van der Waals surface area contributed by atoms with Crippen LogP contribution in [0.5, 0.6) is 0 Å². The van der Waals surface area contributed by atoms with Gasteiger partial charge in [-0.2, -0.15) is 0 Å². The van der Waals surface area contributed by atoms with Crippen molar-refractivity contribution in [2.75, 3.05) is 0 Å². The molecule has 1 aliphatic rings. The molecule has 2 heteroatoms. The fraction of sp³-hybridized carbons (Fsp3) is 0.750. The van der Waals surface area contributed by atoms with E-state index in [4.69, 9.17) is 4.74 Å². The molecular formula is C16H29NO. The van der Waals surface area contributed by atoms with Crippen molar-refractivity contribution in [1.82, 2.24) is 5.32 Å². The van der Waals surface area contributed by atoms with Gasteiger partial charge in [-0.25, -0.2) is 0 Å². The lowest BCUT2D eigenvalue weighted by Gasteiger charge is -2.17. The number of hydrogen-bond acceptors (Lipinski definition) is 2. The van der Waals surface area contributed by atoms with Crippen LogP contribution in [0.2, 0.25) is 0 Å². The summed E-state index contributed by atoms with van der Waals surface area (Å²) in [7, 11) is 0. The monoisotopic (exact) mass is 251 g/mol. The lowest BCUT2D eigenvalue weighted by Crippen LogP contribution is -2.09. The largest absolute Gasteiger partial charge is 0.466 e. The second-order valence-corrected chi connectivity index (χ2v) is 5.30. The quantitative estimate of drug-likeness (QED) is 0.546. The van der Waals surface area contributed by atoms with E-state index in [1.54, 1.807) is 6.26 Å². The van der Waals surface area contributed by atoms with E-state index in [0.29, 0.717) is 5.92 Å². The van der Waals surface area contributed by atoms with Crippen LogP contribution >= 0.6 is 0 Å². The van der Waals surface area contributed by atoms with Gasteiger partial charge in [0.25, 0.3) is 0 Å². The van der Waals surface area contributed by atoms with Crippen molar-refractivity contribution < 1.29 is 4.74 Å². The van der Waals surface area contributed by atoms with E-state index in [2.05, 4.69) is 19.2 Å². The maximum Gasteiger partial charge on any atom is 0.122 e. The maximum atomic E-state index is 5.48. The summed E-state index contributed by atoms with van der Waals surface area (Å²) in [6.07, 6.45) is 17.8. The summed E-state index contributed by atoms with van der Waals surface area (Å²) in [5.41, 5.74) is 0. The van der Waals surface area contributed by atoms with Gasteiger partial charge in [0.15, 0.2) is 0 Å². The molecule has 18 heavy (non-hydrogen) atoms. The molecule has 0 saturated carbocycles. The highest BCUT2D eigenvalue weighted by molar-refractivity contribution is 5.03. The number of unbranched alkanes of at least 4 members (excludes halogenated alkanes) is 7. The molecule has 2 nitrogen and oxygen atoms in total. The lowest BCUT2D eigenvalue weighted by atomic mass is 10.00. The predicted octanol–water partition coefficient (Wildman–Crippen LogP) is 5.09. The van der Waals surface area contributed by atoms with E-state index >= 15 is 0 Å². The molecule has 0 spiro atoms. The molecule has 1 N–H and O–H groups in total. The van der Waals surface area contributed by atoms with Crippen LogP contribution in [-0.4, -0.2) is 0 Å². The Morgan fingerprint density at radius 3 is 2.33 bits per heavy atom. The molecule has 0 fully saturated rings. The van der Waals surface area contributed by atoms with Crippen molar-refractivity contribution in [1.29, 1.82) is 0 Å². The first kappa shape index (κ1) is 15.1. The van der Waals surface area contributed by atoms with Gasteiger partial charge in [-0.05, 0) is 6.42 Å². The first-order chi connectivity index (χ1) is 8.84. The van der Waals surface area contributed by atoms with Gasteiger partial charge in [-0.3, -0.25) is 0 Å². The fourth-order valence-electron chi connectivity index (χ4n) is 2.30. The summed E-state index contributed by atoms with van der Waals surface area (Å²) < 4.78 is 5.48. The zero-order valence-electron chi connectivity index (χ0n) is 12.1. The molecule has 1 unspecified atom stereocenters. The minimum atomic E-state index is 0.530. The molecule has 0 bridgehead atoms. The Kier molecular flexibility index (Phi) is 8.45. The molecule has 0 saturated heterocycles. The first-order valence-electron chi connectivity index (χ1n) is 7.62. The van der Waals surface area contributed by atoms with Crippen molar-refractivity contribution in [2.45, 2.75) is 71.6 Å². The Hall–Kier alpha value is -0.920. The Morgan fingerprint density at radius 1 is 1.06 bits per heavy atom. The highest BCUT2D eigenvalue weighted by Gasteiger charge is 2.10. The first-order valence-corrected chi connectivity index (χ1v) is 7.62. The highest BCUT2D eigenvalue weighted by atomic mass is 16.5. The van der Waals surface area contributed by atoms with Crippen LogP contribution in [0.1, 0.15) is 71.6 Å². The highest BCUT2D eigenvalue weighted by Crippen LogP contribution is 2.21. The van der Waals surface area contributed by atoms with Crippen LogP contribution in [0, 0.1) is 5.92 Å². The summed E-state index contributed by atoms with van der Waals surface area (Å²) in [5.74, 6) is 1.60. The average molecular weight is 251 g/mol. The minimum Gasteiger partial charge on any atom is -0.466 e. The molecule has 1 rings (SSSR count). The second kappa shape index (κ2) is 10.0. The van der Waals surface area contributed by atoms with Gasteiger partial charge in [0.05, 0.1) is 0 Å². The molecule has 104 valence electrons. The molecule has 1 heterocycles. The van der Waals surface area contributed by atoms with Crippen LogP contribution in [0.25, 0.3) is 0 Å². The molecule has 0 radical (unpaired) electrons. The molecule has 0 amide bonds. The Balaban J connectivity index is 1.92. The van der Waals surface area contributed by atoms with Gasteiger partial charge >= 0.3 is 0 Å². The normalized spacial score (nSPS) is 15.8. The number of hydrogen-bond donors (Lipinski definition) is 1. The molecule has 1 atom stereocenters. The van der Waals surface area contributed by atoms with E-state index in [-0.39, 0.29) is 0 Å². The van der Waals surface area contributed by atoms with E-state index in [0.717, 1.165) is 5.76 Å². The Labute approximate surface area is 112 Å². The van der Waals surface area contributed by atoms with E-state index in [9.17, 15) is 0 Å². The second-order valence-electron chi connectivity index (χ2n) is 5.30. The SMILES string of the molecule is CCCCCCCCCCC(C)C1=CNC=CO1. The van der Waals surface area contributed by atoms with Gasteiger partial charge in [0.2, 0.25) is 0 Å². The third-order valence-corrected chi connectivity index (χ3v) is 3.57. The third kappa shape index (κ3) is 6.73. The number of nitrogens with one attached hydrogen (secondary N) is 1. The van der Waals surface area contributed by atoms with Crippen molar-refractivity contribution in [2.24, 2.45) is 5.92 Å². The van der Waals surface area contributed by atoms with E-state index < -0.39 is 0 Å². The third-order valence-electron chi connectivity index (χ3n) is 3.57. The van der Waals surface area contributed by atoms with Gasteiger partial charge in [0, 0.05) is 18.3 Å². The van der Waals surface area contributed by atoms with Crippen LogP contribution in [0.15, 0.2) is 24.4 Å². The molecular weight excluding hydrogens is 222 g/mol. The zero-order valence-corrected chi connectivity index (χ0v) is 12.1. The maximum absolute atomic E-state index is 5.48. The fourth-order valence-corrected chi connectivity index (χ4v) is 2.30. The Bertz CT molecular complexity index is 258. The number of allylic oxidation sites excluding steroid dienone is 1. The van der Waals surface area contributed by atoms with E-state index in [1.807, 2.05) is 12.4 Å². The van der Waals surface area contributed by atoms with Gasteiger partial charge in [-0.1, -0.05) is 65.2 Å². The van der Waals surface area contributed by atoms with Crippen molar-refractivity contribution in [3.05, 3.63) is 24.4 Å². The molecule has 0 aliphatic carbocycles. The smallest absolute Gasteiger partial charge is 0.122 e. The predicted molar refractivity (Wildman–Crippen MR) is 77.8 cm³/mol. The van der Waals surface area contributed by atoms with Gasteiger partial charge < -0.3 is 10.1 Å². The molecule has 0 aromatic heterocycles. The van der Waals surface area contributed by atoms with Crippen molar-refractivity contribution >= 4 is 0 Å². The Morgan fingerprint density at radius 2 is 1.72 bits per heavy atom. The topological polar surface area (TPSA) is 21.3 Å². The molecule has 0 aromatic rings. The van der Waals surface area contributed by atoms with Gasteiger partial charge in [0.1, 0.15) is 12.0 Å². The minimum absolute atomic E-state index is 0.530. The lowest BCUT2D eigenvalue weighted by molar-refractivity contribution is 0.276. The van der Waals surface area contributed by atoms with Crippen molar-refractivity contribution in [3.63, 3.8) is 0 Å². The zero-order chi connectivity index (χ0) is 13.1. The van der Waals surface area contributed by atoms with Crippen LogP contribution < -0.4 is 5.32 Å². The van der Waals surface area contributed by atoms with Crippen molar-refractivity contribution in [3.8, 4) is 0 Å². The van der Waals surface area contributed by atoms with Crippen LogP contribution in [0.3, 0.4) is 0 Å². The summed E-state index contributed by atoms with van der Waals surface area (Å²) >= 11 is 0. The van der Waals surface area contributed by atoms with Gasteiger partial charge in [-0.15, -0.1) is 0 Å². The summed E-state index contributed by atoms with van der Waals surface area (Å²) in [6, 6.07) is 0.